The summed E-state index contributed by atoms with van der Waals surface area (Å²) in [7, 11) is 0. The lowest BCUT2D eigenvalue weighted by Gasteiger charge is -2.34. The van der Waals surface area contributed by atoms with Crippen LogP contribution in [0, 0.1) is 18.8 Å². The van der Waals surface area contributed by atoms with E-state index in [1.807, 2.05) is 43.3 Å². The molecule has 2 N–H and O–H groups in total. The number of anilines is 1. The van der Waals surface area contributed by atoms with E-state index < -0.39 is 29.6 Å². The number of aryl methyl sites for hydroxylation is 1. The molecule has 0 radical (unpaired) electrons. The molecule has 8 heteroatoms. The van der Waals surface area contributed by atoms with Crippen molar-refractivity contribution in [3.8, 4) is 0 Å². The summed E-state index contributed by atoms with van der Waals surface area (Å²) in [6.07, 6.45) is 9.08. The molecule has 1 spiro atoms. The van der Waals surface area contributed by atoms with E-state index >= 15 is 0 Å². The molecule has 204 valence electrons. The third-order valence-corrected chi connectivity index (χ3v) is 9.28. The number of carbonyl (C=O) groups is 3. The maximum absolute atomic E-state index is 14.1. The number of halogens is 1. The highest BCUT2D eigenvalue weighted by atomic mass is 79.9. The van der Waals surface area contributed by atoms with Gasteiger partial charge < -0.3 is 20.3 Å². The summed E-state index contributed by atoms with van der Waals surface area (Å²) < 4.78 is 7.37. The summed E-state index contributed by atoms with van der Waals surface area (Å²) in [6, 6.07) is 14.9. The number of nitrogens with one attached hydrogen (secondary N) is 2. The van der Waals surface area contributed by atoms with Gasteiger partial charge in [0.05, 0.1) is 17.9 Å². The van der Waals surface area contributed by atoms with Gasteiger partial charge in [-0.05, 0) is 56.0 Å². The molecule has 3 aliphatic heterocycles. The molecule has 0 aromatic heterocycles. The Balaban J connectivity index is 1.28. The number of amides is 3. The highest BCUT2D eigenvalue weighted by Gasteiger charge is 2.72. The van der Waals surface area contributed by atoms with Crippen LogP contribution in [0.1, 0.15) is 43.2 Å². The van der Waals surface area contributed by atoms with Crippen molar-refractivity contribution in [2.75, 3.05) is 11.9 Å². The van der Waals surface area contributed by atoms with Crippen molar-refractivity contribution in [3.63, 3.8) is 0 Å². The van der Waals surface area contributed by atoms with Gasteiger partial charge in [0.15, 0.2) is 0 Å². The second-order valence-corrected chi connectivity index (χ2v) is 12.2. The molecule has 39 heavy (non-hydrogen) atoms. The van der Waals surface area contributed by atoms with Gasteiger partial charge in [-0.25, -0.2) is 0 Å². The average Bonchev–Trinajstić information content (AvgIpc) is 3.57. The molecule has 2 aromatic rings. The van der Waals surface area contributed by atoms with Crippen LogP contribution in [0.2, 0.25) is 0 Å². The van der Waals surface area contributed by atoms with E-state index in [4.69, 9.17) is 4.74 Å². The highest BCUT2D eigenvalue weighted by molar-refractivity contribution is 9.10. The molecule has 6 rings (SSSR count). The van der Waals surface area contributed by atoms with Crippen molar-refractivity contribution < 1.29 is 19.1 Å². The number of carbonyl (C=O) groups excluding carboxylic acids is 3. The van der Waals surface area contributed by atoms with Gasteiger partial charge in [-0.1, -0.05) is 77.2 Å². The number of rotatable bonds is 7. The summed E-state index contributed by atoms with van der Waals surface area (Å²) in [5, 5.41) is 6.21. The lowest BCUT2D eigenvalue weighted by molar-refractivity contribution is -0.141. The van der Waals surface area contributed by atoms with Crippen molar-refractivity contribution in [1.82, 2.24) is 10.2 Å². The molecule has 2 aromatic carbocycles. The fraction of sp³-hybridized carbons (Fsp3) is 0.452. The molecular weight excluding hydrogens is 558 g/mol. The van der Waals surface area contributed by atoms with Crippen molar-refractivity contribution in [3.05, 3.63) is 76.3 Å². The van der Waals surface area contributed by atoms with Crippen LogP contribution in [-0.4, -0.2) is 53.0 Å². The first-order valence-corrected chi connectivity index (χ1v) is 14.7. The molecule has 5 atom stereocenters. The van der Waals surface area contributed by atoms with Crippen LogP contribution >= 0.6 is 15.9 Å². The minimum absolute atomic E-state index is 0.106. The normalized spacial score (nSPS) is 29.5. The summed E-state index contributed by atoms with van der Waals surface area (Å²) >= 11 is 3.42. The van der Waals surface area contributed by atoms with Crippen LogP contribution in [-0.2, 0) is 25.5 Å². The lowest BCUT2D eigenvalue weighted by atomic mass is 9.74. The molecule has 4 aliphatic rings. The number of hydrogen-bond acceptors (Lipinski definition) is 4. The monoisotopic (exact) mass is 591 g/mol. The van der Waals surface area contributed by atoms with Gasteiger partial charge >= 0.3 is 0 Å². The van der Waals surface area contributed by atoms with Gasteiger partial charge in [-0.15, -0.1) is 0 Å². The maximum Gasteiger partial charge on any atom is 0.246 e. The number of hydrogen-bond donors (Lipinski definition) is 2. The van der Waals surface area contributed by atoms with E-state index in [0.717, 1.165) is 35.7 Å². The molecule has 3 heterocycles. The Bertz CT molecular complexity index is 1290. The molecule has 1 saturated carbocycles. The van der Waals surface area contributed by atoms with Gasteiger partial charge in [0, 0.05) is 22.7 Å². The number of nitrogens with zero attached hydrogens (tertiary/aromatic N) is 1. The number of ether oxygens (including phenoxy) is 1. The zero-order chi connectivity index (χ0) is 27.1. The first kappa shape index (κ1) is 26.3. The Labute approximate surface area is 237 Å². The van der Waals surface area contributed by atoms with Crippen LogP contribution in [0.15, 0.2) is 65.2 Å². The number of benzene rings is 2. The molecule has 2 saturated heterocycles. The van der Waals surface area contributed by atoms with Gasteiger partial charge in [0.2, 0.25) is 17.7 Å². The van der Waals surface area contributed by atoms with Gasteiger partial charge in [-0.2, -0.15) is 0 Å². The summed E-state index contributed by atoms with van der Waals surface area (Å²) in [5.41, 5.74) is 1.77. The first-order chi connectivity index (χ1) is 18.9. The van der Waals surface area contributed by atoms with E-state index in [2.05, 4.69) is 50.8 Å². The van der Waals surface area contributed by atoms with Gasteiger partial charge in [-0.3, -0.25) is 14.4 Å². The highest BCUT2D eigenvalue weighted by Crippen LogP contribution is 2.55. The number of fused-ring (bicyclic) bond motifs is 1. The van der Waals surface area contributed by atoms with Crippen molar-refractivity contribution in [2.45, 2.75) is 69.2 Å². The molecular formula is C31H34BrN3O4. The summed E-state index contributed by atoms with van der Waals surface area (Å²) in [6.45, 7) is 2.42. The summed E-state index contributed by atoms with van der Waals surface area (Å²) in [4.78, 5) is 43.3. The summed E-state index contributed by atoms with van der Waals surface area (Å²) in [5.74, 6) is -2.09. The molecule has 3 amide bonds. The molecule has 1 aliphatic carbocycles. The predicted octanol–water partition coefficient (Wildman–Crippen LogP) is 4.54. The zero-order valence-electron chi connectivity index (χ0n) is 22.1. The fourth-order valence-corrected chi connectivity index (χ4v) is 7.06. The molecule has 0 unspecified atom stereocenters. The van der Waals surface area contributed by atoms with Crippen LogP contribution in [0.5, 0.6) is 0 Å². The Kier molecular flexibility index (Phi) is 7.10. The van der Waals surface area contributed by atoms with Crippen LogP contribution in [0.3, 0.4) is 0 Å². The SMILES string of the molecule is Cc1ccc(CCN2C(=O)[C@@H]3[C@@H](C(=O)Nc4ccc(Br)cc4)[C@@H]4C=C[C@@]3(O4)[C@H]2C(=O)NC2CCCCC2)cc1. The molecule has 2 bridgehead atoms. The van der Waals surface area contributed by atoms with Gasteiger partial charge in [0.25, 0.3) is 0 Å². The van der Waals surface area contributed by atoms with E-state index in [1.165, 1.54) is 12.0 Å². The van der Waals surface area contributed by atoms with Crippen molar-refractivity contribution >= 4 is 39.3 Å². The minimum Gasteiger partial charge on any atom is -0.359 e. The van der Waals surface area contributed by atoms with Crippen LogP contribution < -0.4 is 10.6 Å². The first-order valence-electron chi connectivity index (χ1n) is 14.0. The number of likely N-dealkylation sites (tertiary alicyclic amines) is 1. The van der Waals surface area contributed by atoms with E-state index in [0.29, 0.717) is 18.7 Å². The topological polar surface area (TPSA) is 87.7 Å². The lowest BCUT2D eigenvalue weighted by Crippen LogP contribution is -2.56. The second kappa shape index (κ2) is 10.5. The van der Waals surface area contributed by atoms with E-state index in [1.54, 1.807) is 4.90 Å². The van der Waals surface area contributed by atoms with Gasteiger partial charge in [0.1, 0.15) is 11.6 Å². The maximum atomic E-state index is 14.1. The third kappa shape index (κ3) is 4.82. The van der Waals surface area contributed by atoms with Crippen LogP contribution in [0.4, 0.5) is 5.69 Å². The second-order valence-electron chi connectivity index (χ2n) is 11.3. The Hall–Kier alpha value is -2.97. The zero-order valence-corrected chi connectivity index (χ0v) is 23.7. The van der Waals surface area contributed by atoms with Crippen molar-refractivity contribution in [2.24, 2.45) is 11.8 Å². The van der Waals surface area contributed by atoms with E-state index in [9.17, 15) is 14.4 Å². The largest absolute Gasteiger partial charge is 0.359 e. The standard InChI is InChI=1S/C31H34BrN3O4/c1-19-7-9-20(10-8-19)16-18-35-27(29(37)34-22-5-3-2-4-6-22)31-17-15-24(39-31)25(26(31)30(35)38)28(36)33-23-13-11-21(32)12-14-23/h7-15,17,22,24-27H,2-6,16,18H2,1H3,(H,33,36)(H,34,37)/t24-,25-,26-,27+,31-/m0/s1. The minimum atomic E-state index is -1.14. The fourth-order valence-electron chi connectivity index (χ4n) is 6.80. The quantitative estimate of drug-likeness (QED) is 0.463. The Morgan fingerprint density at radius 3 is 2.46 bits per heavy atom. The Morgan fingerprint density at radius 2 is 1.74 bits per heavy atom. The van der Waals surface area contributed by atoms with E-state index in [-0.39, 0.29) is 23.8 Å². The Morgan fingerprint density at radius 1 is 1.03 bits per heavy atom. The van der Waals surface area contributed by atoms with Crippen molar-refractivity contribution in [1.29, 1.82) is 0 Å². The smallest absolute Gasteiger partial charge is 0.246 e. The van der Waals surface area contributed by atoms with Crippen LogP contribution in [0.25, 0.3) is 0 Å². The average molecular weight is 593 g/mol. The molecule has 7 nitrogen and oxygen atoms in total. The molecule has 3 fully saturated rings. The predicted molar refractivity (Wildman–Crippen MR) is 152 cm³/mol. The third-order valence-electron chi connectivity index (χ3n) is 8.75.